The van der Waals surface area contributed by atoms with Crippen molar-refractivity contribution >= 4 is 23.7 Å². The predicted molar refractivity (Wildman–Crippen MR) is 106 cm³/mol. The molecular formula is C20H24F3N3O7. The van der Waals surface area contributed by atoms with Crippen LogP contribution < -0.4 is 10.6 Å². The lowest BCUT2D eigenvalue weighted by Gasteiger charge is -2.29. The summed E-state index contributed by atoms with van der Waals surface area (Å²) in [4.78, 5) is 38.7. The van der Waals surface area contributed by atoms with Gasteiger partial charge in [0.15, 0.2) is 6.23 Å². The highest BCUT2D eigenvalue weighted by Crippen LogP contribution is 2.24. The summed E-state index contributed by atoms with van der Waals surface area (Å²) in [5.74, 6) is -3.23. The number of anilines is 1. The highest BCUT2D eigenvalue weighted by Gasteiger charge is 2.47. The van der Waals surface area contributed by atoms with E-state index in [2.05, 4.69) is 9.64 Å². The molecule has 33 heavy (non-hydrogen) atoms. The van der Waals surface area contributed by atoms with Gasteiger partial charge in [-0.25, -0.2) is 14.4 Å². The molecule has 2 fully saturated rings. The van der Waals surface area contributed by atoms with Gasteiger partial charge >= 0.3 is 24.2 Å². The second-order valence-electron chi connectivity index (χ2n) is 7.44. The number of nitrogens with two attached hydrogens (primary N) is 1. The first-order chi connectivity index (χ1) is 15.6. The number of carbonyl (C=O) groups is 3. The van der Waals surface area contributed by atoms with Gasteiger partial charge in [-0.2, -0.15) is 13.2 Å². The summed E-state index contributed by atoms with van der Waals surface area (Å²) in [6.45, 7) is 3.87. The largest absolute Gasteiger partial charge is 0.491 e. The molecule has 2 N–H and O–H groups in total. The summed E-state index contributed by atoms with van der Waals surface area (Å²) < 4.78 is 57.2. The van der Waals surface area contributed by atoms with E-state index in [9.17, 15) is 27.6 Å². The molecule has 10 nitrogen and oxygen atoms in total. The molecule has 0 aliphatic carbocycles. The Balaban J connectivity index is 1.53. The lowest BCUT2D eigenvalue weighted by Crippen LogP contribution is -2.48. The van der Waals surface area contributed by atoms with Gasteiger partial charge in [-0.15, -0.1) is 0 Å². The maximum absolute atomic E-state index is 12.5. The van der Waals surface area contributed by atoms with Crippen LogP contribution in [-0.2, 0) is 23.7 Å². The number of benzene rings is 1. The first-order valence-corrected chi connectivity index (χ1v) is 10.2. The second-order valence-corrected chi connectivity index (χ2v) is 7.44. The molecule has 1 aromatic rings. The van der Waals surface area contributed by atoms with Crippen molar-refractivity contribution in [3.8, 4) is 0 Å². The minimum atomic E-state index is -5.24. The molecule has 0 aromatic heterocycles. The van der Waals surface area contributed by atoms with Gasteiger partial charge in [-0.05, 0) is 30.7 Å². The minimum absolute atomic E-state index is 0.0918. The smallest absolute Gasteiger partial charge is 0.433 e. The summed E-state index contributed by atoms with van der Waals surface area (Å²) in [5.41, 5.74) is 6.80. The number of halogens is 3. The Morgan fingerprint density at radius 2 is 1.73 bits per heavy atom. The average molecular weight is 475 g/mol. The number of carbonyl (C=O) groups excluding carboxylic acids is 3. The number of rotatable bonds is 5. The Labute approximate surface area is 187 Å². The van der Waals surface area contributed by atoms with Crippen molar-refractivity contribution < 1.29 is 46.5 Å². The van der Waals surface area contributed by atoms with Gasteiger partial charge in [0.2, 0.25) is 6.29 Å². The highest BCUT2D eigenvalue weighted by molar-refractivity contribution is 5.90. The maximum atomic E-state index is 12.5. The van der Waals surface area contributed by atoms with Crippen molar-refractivity contribution in [3.63, 3.8) is 0 Å². The topological polar surface area (TPSA) is 121 Å². The fourth-order valence-electron chi connectivity index (χ4n) is 3.39. The van der Waals surface area contributed by atoms with Gasteiger partial charge in [0.25, 0.3) is 0 Å². The predicted octanol–water partition coefficient (Wildman–Crippen LogP) is 1.63. The first kappa shape index (κ1) is 24.6. The number of morpholine rings is 1. The van der Waals surface area contributed by atoms with Crippen LogP contribution in [0.3, 0.4) is 0 Å². The van der Waals surface area contributed by atoms with Crippen molar-refractivity contribution in [3.05, 3.63) is 29.8 Å². The van der Waals surface area contributed by atoms with E-state index in [1.54, 1.807) is 24.3 Å². The Bertz CT molecular complexity index is 859. The van der Waals surface area contributed by atoms with Gasteiger partial charge in [0.05, 0.1) is 24.8 Å². The monoisotopic (exact) mass is 475 g/mol. The van der Waals surface area contributed by atoms with Crippen LogP contribution in [0.5, 0.6) is 0 Å². The molecular weight excluding hydrogens is 451 g/mol. The van der Waals surface area contributed by atoms with Crippen molar-refractivity contribution in [1.82, 2.24) is 4.90 Å². The number of alkyl halides is 3. The van der Waals surface area contributed by atoms with Crippen LogP contribution in [0.15, 0.2) is 24.3 Å². The molecule has 2 aliphatic heterocycles. The summed E-state index contributed by atoms with van der Waals surface area (Å²) in [6, 6.07) is 5.61. The molecule has 2 saturated heterocycles. The third kappa shape index (κ3) is 6.26. The van der Waals surface area contributed by atoms with Crippen LogP contribution in [0.25, 0.3) is 0 Å². The average Bonchev–Trinajstić information content (AvgIpc) is 3.14. The lowest BCUT2D eigenvalue weighted by molar-refractivity contribution is -0.210. The Morgan fingerprint density at radius 1 is 1.09 bits per heavy atom. The number of likely N-dealkylation sites (tertiary alicyclic amines) is 1. The molecule has 1 unspecified atom stereocenters. The molecule has 0 bridgehead atoms. The quantitative estimate of drug-likeness (QED) is 0.500. The van der Waals surface area contributed by atoms with Crippen LogP contribution in [0.2, 0.25) is 0 Å². The van der Waals surface area contributed by atoms with E-state index in [0.29, 0.717) is 13.2 Å². The number of amides is 1. The molecule has 13 heteroatoms. The van der Waals surface area contributed by atoms with E-state index in [0.717, 1.165) is 23.7 Å². The van der Waals surface area contributed by atoms with E-state index in [1.165, 1.54) is 6.92 Å². The first-order valence-electron chi connectivity index (χ1n) is 10.2. The number of esters is 2. The van der Waals surface area contributed by atoms with Crippen LogP contribution in [-0.4, -0.2) is 80.5 Å². The maximum Gasteiger partial charge on any atom is 0.491 e. The fraction of sp³-hybridized carbons (Fsp3) is 0.550. The molecule has 3 rings (SSSR count). The zero-order chi connectivity index (χ0) is 24.2. The number of nitrogens with zero attached hydrogens (tertiary/aromatic N) is 2. The second kappa shape index (κ2) is 10.3. The molecule has 2 aliphatic rings. The van der Waals surface area contributed by atoms with Crippen LogP contribution in [0.1, 0.15) is 23.7 Å². The lowest BCUT2D eigenvalue weighted by atomic mass is 10.2. The van der Waals surface area contributed by atoms with E-state index in [-0.39, 0.29) is 18.5 Å². The summed E-state index contributed by atoms with van der Waals surface area (Å²) in [7, 11) is 0. The number of ether oxygens (including phenoxy) is 4. The molecule has 1 amide bonds. The standard InChI is InChI=1S/C20H24F3N3O7/c1-12(31-17(27)13-2-4-14(5-3-13)25-8-10-30-11-9-25)32-19(29)26-7-6-15(24)16(26)33-18(28)20(21,22)23/h2-5,12,15-16H,6-11,24H2,1H3/t12-,15-,16?/m0/s1. The summed E-state index contributed by atoms with van der Waals surface area (Å²) in [5, 5.41) is 0. The van der Waals surface area contributed by atoms with Crippen molar-refractivity contribution in [2.75, 3.05) is 37.7 Å². The normalized spacial score (nSPS) is 22.0. The molecule has 3 atom stereocenters. The molecule has 1 aromatic carbocycles. The van der Waals surface area contributed by atoms with Crippen molar-refractivity contribution in [2.24, 2.45) is 5.73 Å². The van der Waals surface area contributed by atoms with Crippen molar-refractivity contribution in [1.29, 1.82) is 0 Å². The zero-order valence-electron chi connectivity index (χ0n) is 17.7. The van der Waals surface area contributed by atoms with E-state index >= 15 is 0 Å². The van der Waals surface area contributed by atoms with Gasteiger partial charge in [0.1, 0.15) is 0 Å². The Kier molecular flexibility index (Phi) is 7.64. The summed E-state index contributed by atoms with van der Waals surface area (Å²) in [6.07, 6.45) is -9.29. The van der Waals surface area contributed by atoms with E-state index in [4.69, 9.17) is 19.9 Å². The Hall–Kier alpha value is -3.06. The molecule has 0 radical (unpaired) electrons. The fourth-order valence-corrected chi connectivity index (χ4v) is 3.39. The van der Waals surface area contributed by atoms with Crippen LogP contribution >= 0.6 is 0 Å². The Morgan fingerprint density at radius 3 is 2.33 bits per heavy atom. The number of hydrogen-bond donors (Lipinski definition) is 1. The zero-order valence-corrected chi connectivity index (χ0v) is 17.7. The molecule has 2 heterocycles. The van der Waals surface area contributed by atoms with Gasteiger partial charge in [0, 0.05) is 32.2 Å². The SMILES string of the molecule is C[C@@H](OC(=O)c1ccc(N2CCOCC2)cc1)OC(=O)N1CC[C@H](N)C1OC(=O)C(F)(F)F. The molecule has 0 spiro atoms. The third-order valence-electron chi connectivity index (χ3n) is 5.09. The van der Waals surface area contributed by atoms with E-state index in [1.807, 2.05) is 0 Å². The van der Waals surface area contributed by atoms with Gasteiger partial charge in [-0.1, -0.05) is 0 Å². The van der Waals surface area contributed by atoms with Gasteiger partial charge < -0.3 is 29.6 Å². The van der Waals surface area contributed by atoms with Crippen LogP contribution in [0, 0.1) is 0 Å². The van der Waals surface area contributed by atoms with E-state index < -0.39 is 42.8 Å². The minimum Gasteiger partial charge on any atom is -0.433 e. The molecule has 182 valence electrons. The highest BCUT2D eigenvalue weighted by atomic mass is 19.4. The van der Waals surface area contributed by atoms with Crippen LogP contribution in [0.4, 0.5) is 23.7 Å². The summed E-state index contributed by atoms with van der Waals surface area (Å²) >= 11 is 0. The number of hydrogen-bond acceptors (Lipinski definition) is 9. The molecule has 0 saturated carbocycles. The van der Waals surface area contributed by atoms with Gasteiger partial charge in [-0.3, -0.25) is 4.90 Å². The third-order valence-corrected chi connectivity index (χ3v) is 5.09. The van der Waals surface area contributed by atoms with Crippen molar-refractivity contribution in [2.45, 2.75) is 38.1 Å².